The van der Waals surface area contributed by atoms with Gasteiger partial charge in [0.05, 0.1) is 11.0 Å². The minimum atomic E-state index is -0.0796. The minimum absolute atomic E-state index is 0.0796. The van der Waals surface area contributed by atoms with Crippen LogP contribution in [0.3, 0.4) is 0 Å². The highest BCUT2D eigenvalue weighted by Gasteiger charge is 2.36. The number of fused-ring (bicyclic) bond motifs is 1. The Bertz CT molecular complexity index is 560. The van der Waals surface area contributed by atoms with Gasteiger partial charge in [0.2, 0.25) is 0 Å². The third-order valence-corrected chi connectivity index (χ3v) is 4.02. The number of halogens is 1. The lowest BCUT2D eigenvalue weighted by atomic mass is 9.79. The molecule has 0 atom stereocenters. The summed E-state index contributed by atoms with van der Waals surface area (Å²) < 4.78 is 5.42. The van der Waals surface area contributed by atoms with Crippen molar-refractivity contribution in [3.8, 4) is 0 Å². The van der Waals surface area contributed by atoms with E-state index in [2.05, 4.69) is 9.97 Å². The molecular formula is C13H16ClN3O. The maximum absolute atomic E-state index is 5.99. The lowest BCUT2D eigenvalue weighted by Crippen LogP contribution is -2.41. The molecule has 0 unspecified atom stereocenters. The Balaban J connectivity index is 2.06. The SMILES string of the molecule is NCC1(c2nc3ccc(Cl)cc3[nH]2)CCOCC1. The molecule has 0 saturated carbocycles. The summed E-state index contributed by atoms with van der Waals surface area (Å²) in [6.07, 6.45) is 1.83. The summed E-state index contributed by atoms with van der Waals surface area (Å²) >= 11 is 5.99. The van der Waals surface area contributed by atoms with Crippen molar-refractivity contribution in [1.82, 2.24) is 9.97 Å². The van der Waals surface area contributed by atoms with Gasteiger partial charge < -0.3 is 15.5 Å². The van der Waals surface area contributed by atoms with Crippen LogP contribution in [0.4, 0.5) is 0 Å². The quantitative estimate of drug-likeness (QED) is 0.875. The molecule has 1 saturated heterocycles. The van der Waals surface area contributed by atoms with Crippen molar-refractivity contribution in [1.29, 1.82) is 0 Å². The van der Waals surface area contributed by atoms with Gasteiger partial charge in [-0.05, 0) is 31.0 Å². The van der Waals surface area contributed by atoms with E-state index in [0.717, 1.165) is 42.9 Å². The summed E-state index contributed by atoms with van der Waals surface area (Å²) in [5, 5.41) is 0.714. The summed E-state index contributed by atoms with van der Waals surface area (Å²) in [5.74, 6) is 0.963. The number of imidazole rings is 1. The van der Waals surface area contributed by atoms with Crippen molar-refractivity contribution in [2.24, 2.45) is 5.73 Å². The van der Waals surface area contributed by atoms with Gasteiger partial charge in [-0.2, -0.15) is 0 Å². The molecule has 1 aromatic heterocycles. The van der Waals surface area contributed by atoms with Gasteiger partial charge in [0.25, 0.3) is 0 Å². The third kappa shape index (κ3) is 1.90. The van der Waals surface area contributed by atoms with Crippen LogP contribution in [0.2, 0.25) is 5.02 Å². The second-order valence-corrected chi connectivity index (χ2v) is 5.28. The minimum Gasteiger partial charge on any atom is -0.381 e. The molecule has 96 valence electrons. The summed E-state index contributed by atoms with van der Waals surface area (Å²) in [6, 6.07) is 5.69. The zero-order valence-corrected chi connectivity index (χ0v) is 10.8. The number of aromatic amines is 1. The van der Waals surface area contributed by atoms with Gasteiger partial charge in [0.15, 0.2) is 0 Å². The van der Waals surface area contributed by atoms with Crippen LogP contribution in [0.5, 0.6) is 0 Å². The van der Waals surface area contributed by atoms with Crippen molar-refractivity contribution in [2.75, 3.05) is 19.8 Å². The van der Waals surface area contributed by atoms with E-state index in [-0.39, 0.29) is 5.41 Å². The summed E-state index contributed by atoms with van der Waals surface area (Å²) in [7, 11) is 0. The molecular weight excluding hydrogens is 250 g/mol. The number of rotatable bonds is 2. The van der Waals surface area contributed by atoms with Crippen LogP contribution in [0.1, 0.15) is 18.7 Å². The molecule has 18 heavy (non-hydrogen) atoms. The standard InChI is InChI=1S/C13H16ClN3O/c14-9-1-2-10-11(7-9)17-12(16-10)13(8-15)3-5-18-6-4-13/h1-2,7H,3-6,8,15H2,(H,16,17). The van der Waals surface area contributed by atoms with Crippen molar-refractivity contribution in [3.05, 3.63) is 29.0 Å². The first-order chi connectivity index (χ1) is 8.73. The van der Waals surface area contributed by atoms with Crippen molar-refractivity contribution in [3.63, 3.8) is 0 Å². The highest BCUT2D eigenvalue weighted by molar-refractivity contribution is 6.31. The number of nitrogens with one attached hydrogen (secondary N) is 1. The number of benzene rings is 1. The molecule has 0 bridgehead atoms. The molecule has 1 fully saturated rings. The highest BCUT2D eigenvalue weighted by Crippen LogP contribution is 2.33. The Hall–Kier alpha value is -1.10. The zero-order valence-electron chi connectivity index (χ0n) is 10.1. The highest BCUT2D eigenvalue weighted by atomic mass is 35.5. The van der Waals surface area contributed by atoms with Crippen molar-refractivity contribution < 1.29 is 4.74 Å². The molecule has 1 aromatic carbocycles. The number of hydrogen-bond donors (Lipinski definition) is 2. The Labute approximate surface area is 110 Å². The number of nitrogens with zero attached hydrogens (tertiary/aromatic N) is 1. The van der Waals surface area contributed by atoms with Crippen molar-refractivity contribution >= 4 is 22.6 Å². The number of nitrogens with two attached hydrogens (primary N) is 1. The predicted molar refractivity (Wildman–Crippen MR) is 71.9 cm³/mol. The van der Waals surface area contributed by atoms with E-state index in [1.165, 1.54) is 0 Å². The lowest BCUT2D eigenvalue weighted by Gasteiger charge is -2.34. The van der Waals surface area contributed by atoms with E-state index in [0.29, 0.717) is 11.6 Å². The fraction of sp³-hybridized carbons (Fsp3) is 0.462. The normalized spacial score (nSPS) is 19.2. The van der Waals surface area contributed by atoms with Gasteiger partial charge in [-0.3, -0.25) is 0 Å². The Kier molecular flexibility index (Phi) is 3.01. The Morgan fingerprint density at radius 1 is 1.39 bits per heavy atom. The lowest BCUT2D eigenvalue weighted by molar-refractivity contribution is 0.0503. The molecule has 0 spiro atoms. The molecule has 0 radical (unpaired) electrons. The average molecular weight is 266 g/mol. The van der Waals surface area contributed by atoms with Crippen LogP contribution in [-0.2, 0) is 10.2 Å². The van der Waals surface area contributed by atoms with Crippen LogP contribution in [-0.4, -0.2) is 29.7 Å². The molecule has 2 aromatic rings. The van der Waals surface area contributed by atoms with Gasteiger partial charge in [-0.1, -0.05) is 11.6 Å². The van der Waals surface area contributed by atoms with E-state index in [9.17, 15) is 0 Å². The van der Waals surface area contributed by atoms with E-state index < -0.39 is 0 Å². The van der Waals surface area contributed by atoms with Gasteiger partial charge in [0.1, 0.15) is 5.82 Å². The first-order valence-electron chi connectivity index (χ1n) is 6.17. The maximum atomic E-state index is 5.99. The number of H-pyrrole nitrogens is 1. The Morgan fingerprint density at radius 2 is 2.17 bits per heavy atom. The Morgan fingerprint density at radius 3 is 2.89 bits per heavy atom. The van der Waals surface area contributed by atoms with Gasteiger partial charge in [-0.25, -0.2) is 4.98 Å². The van der Waals surface area contributed by atoms with Crippen LogP contribution >= 0.6 is 11.6 Å². The van der Waals surface area contributed by atoms with Gasteiger partial charge in [-0.15, -0.1) is 0 Å². The van der Waals surface area contributed by atoms with Crippen LogP contribution in [0.15, 0.2) is 18.2 Å². The molecule has 1 aliphatic heterocycles. The fourth-order valence-corrected chi connectivity index (χ4v) is 2.70. The van der Waals surface area contributed by atoms with Crippen LogP contribution < -0.4 is 5.73 Å². The van der Waals surface area contributed by atoms with E-state index >= 15 is 0 Å². The smallest absolute Gasteiger partial charge is 0.114 e. The third-order valence-electron chi connectivity index (χ3n) is 3.79. The number of hydrogen-bond acceptors (Lipinski definition) is 3. The summed E-state index contributed by atoms with van der Waals surface area (Å²) in [4.78, 5) is 8.04. The molecule has 1 aliphatic rings. The molecule has 4 nitrogen and oxygen atoms in total. The maximum Gasteiger partial charge on any atom is 0.114 e. The van der Waals surface area contributed by atoms with E-state index in [4.69, 9.17) is 22.1 Å². The van der Waals surface area contributed by atoms with Gasteiger partial charge >= 0.3 is 0 Å². The van der Waals surface area contributed by atoms with Crippen molar-refractivity contribution in [2.45, 2.75) is 18.3 Å². The van der Waals surface area contributed by atoms with Crippen LogP contribution in [0.25, 0.3) is 11.0 Å². The van der Waals surface area contributed by atoms with Gasteiger partial charge in [0, 0.05) is 30.2 Å². The largest absolute Gasteiger partial charge is 0.381 e. The molecule has 0 aliphatic carbocycles. The summed E-state index contributed by atoms with van der Waals surface area (Å²) in [6.45, 7) is 2.08. The second kappa shape index (κ2) is 4.53. The number of aromatic nitrogens is 2. The van der Waals surface area contributed by atoms with Crippen LogP contribution in [0, 0.1) is 0 Å². The number of ether oxygens (including phenoxy) is 1. The fourth-order valence-electron chi connectivity index (χ4n) is 2.53. The zero-order chi connectivity index (χ0) is 12.6. The average Bonchev–Trinajstić information content (AvgIpc) is 2.83. The van der Waals surface area contributed by atoms with E-state index in [1.807, 2.05) is 18.2 Å². The van der Waals surface area contributed by atoms with E-state index in [1.54, 1.807) is 0 Å². The molecule has 5 heteroatoms. The molecule has 2 heterocycles. The molecule has 3 rings (SSSR count). The molecule has 3 N–H and O–H groups in total. The molecule has 0 amide bonds. The first-order valence-corrected chi connectivity index (χ1v) is 6.55. The summed E-state index contributed by atoms with van der Waals surface area (Å²) in [5.41, 5.74) is 7.81. The monoisotopic (exact) mass is 265 g/mol. The predicted octanol–water partition coefficient (Wildman–Crippen LogP) is 2.22. The second-order valence-electron chi connectivity index (χ2n) is 4.84. The topological polar surface area (TPSA) is 63.9 Å². The first kappa shape index (κ1) is 12.0.